The van der Waals surface area contributed by atoms with E-state index in [9.17, 15) is 0 Å². The summed E-state index contributed by atoms with van der Waals surface area (Å²) in [5.41, 5.74) is 1.98. The van der Waals surface area contributed by atoms with E-state index in [0.717, 1.165) is 22.4 Å². The van der Waals surface area contributed by atoms with Crippen LogP contribution >= 0.6 is 0 Å². The van der Waals surface area contributed by atoms with Crippen LogP contribution in [0.3, 0.4) is 0 Å². The molecule has 3 aromatic heterocycles. The number of aromatic nitrogens is 5. The van der Waals surface area contributed by atoms with Crippen molar-refractivity contribution in [1.29, 1.82) is 0 Å². The molecule has 0 amide bonds. The largest absolute Gasteiger partial charge is 0.363 e. The number of rotatable bonds is 3. The molecule has 0 unspecified atom stereocenters. The lowest BCUT2D eigenvalue weighted by Gasteiger charge is -2.14. The lowest BCUT2D eigenvalue weighted by Crippen LogP contribution is -2.08. The smallest absolute Gasteiger partial charge is 0.163 e. The minimum atomic E-state index is 0.140. The lowest BCUT2D eigenvalue weighted by molar-refractivity contribution is 0.785. The van der Waals surface area contributed by atoms with Crippen LogP contribution in [0.2, 0.25) is 0 Å². The summed E-state index contributed by atoms with van der Waals surface area (Å²) in [6.45, 7) is 2.08. The standard InChI is InChI=1S/C13H14N6/c1-9(10-3-5-14-6-4-10)18-12-11-7-17-19(2)13(11)16-8-15-12/h3-9H,1-2H3,(H,15,16,18)/t9-/m1/s1. The molecular formula is C13H14N6. The van der Waals surface area contributed by atoms with Crippen LogP contribution in [-0.2, 0) is 7.05 Å². The molecular weight excluding hydrogens is 240 g/mol. The van der Waals surface area contributed by atoms with Gasteiger partial charge < -0.3 is 5.32 Å². The van der Waals surface area contributed by atoms with Gasteiger partial charge in [0.05, 0.1) is 17.6 Å². The number of nitrogens with one attached hydrogen (secondary N) is 1. The number of nitrogens with zero attached hydrogens (tertiary/aromatic N) is 5. The quantitative estimate of drug-likeness (QED) is 0.773. The molecule has 0 aromatic carbocycles. The molecule has 96 valence electrons. The Kier molecular flexibility index (Phi) is 2.83. The van der Waals surface area contributed by atoms with Crippen molar-refractivity contribution in [3.63, 3.8) is 0 Å². The van der Waals surface area contributed by atoms with E-state index in [2.05, 4.69) is 32.3 Å². The maximum atomic E-state index is 4.29. The molecule has 6 heteroatoms. The molecule has 0 aliphatic carbocycles. The van der Waals surface area contributed by atoms with Crippen molar-refractivity contribution in [1.82, 2.24) is 24.7 Å². The van der Waals surface area contributed by atoms with Gasteiger partial charge in [0.1, 0.15) is 12.1 Å². The van der Waals surface area contributed by atoms with Crippen LogP contribution < -0.4 is 5.32 Å². The fraction of sp³-hybridized carbons (Fsp3) is 0.231. The van der Waals surface area contributed by atoms with Crippen LogP contribution in [0.4, 0.5) is 5.82 Å². The highest BCUT2D eigenvalue weighted by atomic mass is 15.3. The van der Waals surface area contributed by atoms with E-state index >= 15 is 0 Å². The third-order valence-electron chi connectivity index (χ3n) is 3.09. The Morgan fingerprint density at radius 2 is 2.00 bits per heavy atom. The molecule has 0 fully saturated rings. The minimum absolute atomic E-state index is 0.140. The predicted octanol–water partition coefficient (Wildman–Crippen LogP) is 1.93. The van der Waals surface area contributed by atoms with Gasteiger partial charge in [-0.1, -0.05) is 0 Å². The molecule has 0 saturated heterocycles. The van der Waals surface area contributed by atoms with Gasteiger partial charge in [-0.15, -0.1) is 0 Å². The number of hydrogen-bond donors (Lipinski definition) is 1. The highest BCUT2D eigenvalue weighted by Crippen LogP contribution is 2.22. The summed E-state index contributed by atoms with van der Waals surface area (Å²) >= 11 is 0. The molecule has 0 saturated carbocycles. The number of fused-ring (bicyclic) bond motifs is 1. The van der Waals surface area contributed by atoms with Gasteiger partial charge >= 0.3 is 0 Å². The molecule has 1 atom stereocenters. The summed E-state index contributed by atoms with van der Waals surface area (Å²) in [6, 6.07) is 4.11. The fourth-order valence-corrected chi connectivity index (χ4v) is 2.02. The fourth-order valence-electron chi connectivity index (χ4n) is 2.02. The molecule has 1 N–H and O–H groups in total. The van der Waals surface area contributed by atoms with Gasteiger partial charge in [-0.3, -0.25) is 9.67 Å². The average Bonchev–Trinajstić information content (AvgIpc) is 2.83. The highest BCUT2D eigenvalue weighted by molar-refractivity contribution is 5.86. The van der Waals surface area contributed by atoms with Crippen molar-refractivity contribution in [3.05, 3.63) is 42.6 Å². The number of hydrogen-bond acceptors (Lipinski definition) is 5. The molecule has 6 nitrogen and oxygen atoms in total. The molecule has 0 spiro atoms. The zero-order valence-electron chi connectivity index (χ0n) is 10.8. The van der Waals surface area contributed by atoms with Gasteiger partial charge in [0, 0.05) is 19.4 Å². The van der Waals surface area contributed by atoms with Gasteiger partial charge in [-0.05, 0) is 24.6 Å². The van der Waals surface area contributed by atoms with Gasteiger partial charge in [-0.25, -0.2) is 9.97 Å². The first kappa shape index (κ1) is 11.6. The second kappa shape index (κ2) is 4.64. The highest BCUT2D eigenvalue weighted by Gasteiger charge is 2.11. The Labute approximate surface area is 110 Å². The molecule has 0 aliphatic rings. The molecule has 0 bridgehead atoms. The molecule has 0 aliphatic heterocycles. The zero-order valence-corrected chi connectivity index (χ0v) is 10.8. The van der Waals surface area contributed by atoms with E-state index in [-0.39, 0.29) is 6.04 Å². The van der Waals surface area contributed by atoms with E-state index in [1.807, 2.05) is 19.2 Å². The summed E-state index contributed by atoms with van der Waals surface area (Å²) in [7, 11) is 1.87. The predicted molar refractivity (Wildman–Crippen MR) is 72.6 cm³/mol. The molecule has 0 radical (unpaired) electrons. The van der Waals surface area contributed by atoms with Crippen molar-refractivity contribution in [3.8, 4) is 0 Å². The summed E-state index contributed by atoms with van der Waals surface area (Å²) in [5, 5.41) is 8.51. The first-order valence-electron chi connectivity index (χ1n) is 6.05. The first-order chi connectivity index (χ1) is 9.25. The maximum absolute atomic E-state index is 4.29. The number of aryl methyl sites for hydroxylation is 1. The maximum Gasteiger partial charge on any atom is 0.163 e. The minimum Gasteiger partial charge on any atom is -0.363 e. The normalized spacial score (nSPS) is 12.5. The molecule has 3 rings (SSSR count). The van der Waals surface area contributed by atoms with Crippen molar-refractivity contribution in [2.75, 3.05) is 5.32 Å². The van der Waals surface area contributed by atoms with Crippen LogP contribution in [-0.4, -0.2) is 24.7 Å². The second-order valence-corrected chi connectivity index (χ2v) is 4.37. The Bertz CT molecular complexity index is 691. The Hall–Kier alpha value is -2.50. The molecule has 3 heterocycles. The molecule has 19 heavy (non-hydrogen) atoms. The zero-order chi connectivity index (χ0) is 13.2. The summed E-state index contributed by atoms with van der Waals surface area (Å²) in [6.07, 6.45) is 6.89. The third-order valence-corrected chi connectivity index (χ3v) is 3.09. The van der Waals surface area contributed by atoms with Crippen LogP contribution in [0, 0.1) is 0 Å². The average molecular weight is 254 g/mol. The molecule has 3 aromatic rings. The van der Waals surface area contributed by atoms with E-state index in [4.69, 9.17) is 0 Å². The van der Waals surface area contributed by atoms with E-state index in [1.54, 1.807) is 29.6 Å². The summed E-state index contributed by atoms with van der Waals surface area (Å²) in [5.74, 6) is 0.794. The Morgan fingerprint density at radius 1 is 1.21 bits per heavy atom. The van der Waals surface area contributed by atoms with Crippen molar-refractivity contribution < 1.29 is 0 Å². The number of pyridine rings is 1. The van der Waals surface area contributed by atoms with Gasteiger partial charge in [0.15, 0.2) is 5.65 Å². The van der Waals surface area contributed by atoms with Crippen LogP contribution in [0.15, 0.2) is 37.1 Å². The van der Waals surface area contributed by atoms with Gasteiger partial charge in [0.25, 0.3) is 0 Å². The van der Waals surface area contributed by atoms with Gasteiger partial charge in [-0.2, -0.15) is 5.10 Å². The lowest BCUT2D eigenvalue weighted by atomic mass is 10.1. The second-order valence-electron chi connectivity index (χ2n) is 4.37. The third kappa shape index (κ3) is 2.12. The first-order valence-corrected chi connectivity index (χ1v) is 6.05. The Morgan fingerprint density at radius 3 is 2.79 bits per heavy atom. The van der Waals surface area contributed by atoms with E-state index in [0.29, 0.717) is 0 Å². The van der Waals surface area contributed by atoms with Crippen molar-refractivity contribution in [2.45, 2.75) is 13.0 Å². The summed E-state index contributed by atoms with van der Waals surface area (Å²) < 4.78 is 1.74. The Balaban J connectivity index is 1.93. The monoisotopic (exact) mass is 254 g/mol. The summed E-state index contributed by atoms with van der Waals surface area (Å²) in [4.78, 5) is 12.5. The van der Waals surface area contributed by atoms with E-state index < -0.39 is 0 Å². The SMILES string of the molecule is C[C@@H](Nc1ncnc2c1cnn2C)c1ccncc1. The number of anilines is 1. The van der Waals surface area contributed by atoms with Crippen LogP contribution in [0.5, 0.6) is 0 Å². The van der Waals surface area contributed by atoms with Crippen molar-refractivity contribution in [2.24, 2.45) is 7.05 Å². The van der Waals surface area contributed by atoms with Gasteiger partial charge in [0.2, 0.25) is 0 Å². The van der Waals surface area contributed by atoms with E-state index in [1.165, 1.54) is 0 Å². The van der Waals surface area contributed by atoms with Crippen LogP contribution in [0.25, 0.3) is 11.0 Å². The van der Waals surface area contributed by atoms with Crippen LogP contribution in [0.1, 0.15) is 18.5 Å². The topological polar surface area (TPSA) is 68.5 Å². The van der Waals surface area contributed by atoms with Crippen molar-refractivity contribution >= 4 is 16.9 Å².